The van der Waals surface area contributed by atoms with Crippen molar-refractivity contribution in [1.29, 1.82) is 0 Å². The summed E-state index contributed by atoms with van der Waals surface area (Å²) in [6, 6.07) is 9.01. The molecule has 0 aliphatic carbocycles. The predicted molar refractivity (Wildman–Crippen MR) is 73.6 cm³/mol. The summed E-state index contributed by atoms with van der Waals surface area (Å²) in [5.41, 5.74) is 2.63. The second-order valence-corrected chi connectivity index (χ2v) is 4.44. The third-order valence-corrected chi connectivity index (χ3v) is 2.83. The van der Waals surface area contributed by atoms with E-state index in [1.165, 1.54) is 11.3 Å². The number of hydrogen-bond donors (Lipinski definition) is 1. The van der Waals surface area contributed by atoms with Crippen molar-refractivity contribution in [3.05, 3.63) is 29.8 Å². The lowest BCUT2D eigenvalue weighted by atomic mass is 10.1. The van der Waals surface area contributed by atoms with Crippen molar-refractivity contribution in [3.8, 4) is 0 Å². The molecule has 0 heterocycles. The minimum absolute atomic E-state index is 0.475. The Hall–Kier alpha value is -1.06. The van der Waals surface area contributed by atoms with Crippen molar-refractivity contribution in [2.45, 2.75) is 26.4 Å². The molecule has 1 rings (SSSR count). The Labute approximate surface area is 105 Å². The molecule has 1 aromatic carbocycles. The van der Waals surface area contributed by atoms with E-state index in [2.05, 4.69) is 48.3 Å². The van der Waals surface area contributed by atoms with Gasteiger partial charge in [0.1, 0.15) is 0 Å². The van der Waals surface area contributed by atoms with Gasteiger partial charge in [-0.3, -0.25) is 0 Å². The van der Waals surface area contributed by atoms with E-state index in [-0.39, 0.29) is 0 Å². The first-order valence-corrected chi connectivity index (χ1v) is 6.18. The number of rotatable bonds is 7. The van der Waals surface area contributed by atoms with Gasteiger partial charge < -0.3 is 15.0 Å². The van der Waals surface area contributed by atoms with Gasteiger partial charge in [-0.25, -0.2) is 0 Å². The molecule has 1 aromatic rings. The van der Waals surface area contributed by atoms with E-state index in [1.807, 2.05) is 7.05 Å². The Morgan fingerprint density at radius 3 is 2.59 bits per heavy atom. The summed E-state index contributed by atoms with van der Waals surface area (Å²) >= 11 is 0. The summed E-state index contributed by atoms with van der Waals surface area (Å²) in [5, 5.41) is 3.22. The van der Waals surface area contributed by atoms with Crippen LogP contribution in [0.3, 0.4) is 0 Å². The zero-order valence-corrected chi connectivity index (χ0v) is 11.4. The van der Waals surface area contributed by atoms with Gasteiger partial charge in [-0.2, -0.15) is 0 Å². The lowest BCUT2D eigenvalue weighted by Crippen LogP contribution is -2.34. The van der Waals surface area contributed by atoms with Gasteiger partial charge in [0.05, 0.1) is 6.61 Å². The topological polar surface area (TPSA) is 24.5 Å². The first-order valence-electron chi connectivity index (χ1n) is 6.18. The first-order chi connectivity index (χ1) is 8.20. The van der Waals surface area contributed by atoms with Crippen LogP contribution < -0.4 is 10.2 Å². The highest BCUT2D eigenvalue weighted by atomic mass is 16.5. The maximum atomic E-state index is 5.19. The van der Waals surface area contributed by atoms with Gasteiger partial charge in [-0.05, 0) is 32.5 Å². The Bertz CT molecular complexity index is 326. The number of para-hydroxylation sites is 1. The van der Waals surface area contributed by atoms with Crippen LogP contribution in [0.4, 0.5) is 5.69 Å². The number of hydrogen-bond acceptors (Lipinski definition) is 3. The van der Waals surface area contributed by atoms with E-state index in [4.69, 9.17) is 4.74 Å². The molecule has 0 fully saturated rings. The average molecular weight is 236 g/mol. The molecule has 0 aromatic heterocycles. The second-order valence-electron chi connectivity index (χ2n) is 4.44. The van der Waals surface area contributed by atoms with Gasteiger partial charge in [0, 0.05) is 31.9 Å². The molecule has 0 aliphatic rings. The van der Waals surface area contributed by atoms with Crippen molar-refractivity contribution in [2.75, 3.05) is 32.2 Å². The van der Waals surface area contributed by atoms with Crippen LogP contribution in [0.5, 0.6) is 0 Å². The minimum Gasteiger partial charge on any atom is -0.383 e. The number of nitrogens with zero attached hydrogens (tertiary/aromatic N) is 1. The lowest BCUT2D eigenvalue weighted by molar-refractivity contribution is 0.204. The monoisotopic (exact) mass is 236 g/mol. The molecule has 0 atom stereocenters. The molecule has 0 spiro atoms. The van der Waals surface area contributed by atoms with Crippen molar-refractivity contribution in [1.82, 2.24) is 5.32 Å². The van der Waals surface area contributed by atoms with Crippen molar-refractivity contribution in [2.24, 2.45) is 0 Å². The summed E-state index contributed by atoms with van der Waals surface area (Å²) < 4.78 is 5.19. The van der Waals surface area contributed by atoms with Crippen LogP contribution in [0.25, 0.3) is 0 Å². The number of methoxy groups -OCH3 is 1. The van der Waals surface area contributed by atoms with E-state index in [9.17, 15) is 0 Å². The maximum absolute atomic E-state index is 5.19. The SMILES string of the molecule is CNCc1ccccc1N(CCOC)C(C)C. The predicted octanol–water partition coefficient (Wildman–Crippen LogP) is 2.27. The van der Waals surface area contributed by atoms with Gasteiger partial charge in [-0.1, -0.05) is 18.2 Å². The van der Waals surface area contributed by atoms with Crippen LogP contribution >= 0.6 is 0 Å². The summed E-state index contributed by atoms with van der Waals surface area (Å²) in [7, 11) is 3.73. The smallest absolute Gasteiger partial charge is 0.0637 e. The molecule has 0 saturated heterocycles. The minimum atomic E-state index is 0.475. The zero-order valence-electron chi connectivity index (χ0n) is 11.4. The average Bonchev–Trinajstić information content (AvgIpc) is 2.31. The molecule has 0 saturated carbocycles. The zero-order chi connectivity index (χ0) is 12.7. The largest absolute Gasteiger partial charge is 0.383 e. The lowest BCUT2D eigenvalue weighted by Gasteiger charge is -2.30. The number of anilines is 1. The molecule has 0 aliphatic heterocycles. The standard InChI is InChI=1S/C14H24N2O/c1-12(2)16(9-10-17-4)14-8-6-5-7-13(14)11-15-3/h5-8,12,15H,9-11H2,1-4H3. The quantitative estimate of drug-likeness (QED) is 0.786. The van der Waals surface area contributed by atoms with Crippen molar-refractivity contribution in [3.63, 3.8) is 0 Å². The van der Waals surface area contributed by atoms with E-state index in [1.54, 1.807) is 7.11 Å². The Morgan fingerprint density at radius 1 is 1.29 bits per heavy atom. The van der Waals surface area contributed by atoms with Crippen molar-refractivity contribution >= 4 is 5.69 Å². The van der Waals surface area contributed by atoms with Gasteiger partial charge in [0.2, 0.25) is 0 Å². The molecule has 3 heteroatoms. The number of benzene rings is 1. The third kappa shape index (κ3) is 4.02. The van der Waals surface area contributed by atoms with E-state index < -0.39 is 0 Å². The van der Waals surface area contributed by atoms with Crippen LogP contribution in [-0.4, -0.2) is 33.4 Å². The van der Waals surface area contributed by atoms with Crippen LogP contribution in [0, 0.1) is 0 Å². The van der Waals surface area contributed by atoms with Crippen LogP contribution in [0.1, 0.15) is 19.4 Å². The molecule has 96 valence electrons. The summed E-state index contributed by atoms with van der Waals surface area (Å²) in [6.45, 7) is 7.00. The van der Waals surface area contributed by atoms with E-state index in [0.29, 0.717) is 6.04 Å². The second kappa shape index (κ2) is 7.30. The molecule has 0 amide bonds. The molecule has 17 heavy (non-hydrogen) atoms. The highest BCUT2D eigenvalue weighted by Crippen LogP contribution is 2.22. The molecule has 1 N–H and O–H groups in total. The highest BCUT2D eigenvalue weighted by Gasteiger charge is 2.13. The molecular formula is C14H24N2O. The van der Waals surface area contributed by atoms with E-state index in [0.717, 1.165) is 19.7 Å². The van der Waals surface area contributed by atoms with Gasteiger partial charge in [-0.15, -0.1) is 0 Å². The fraction of sp³-hybridized carbons (Fsp3) is 0.571. The summed E-state index contributed by atoms with van der Waals surface area (Å²) in [4.78, 5) is 2.39. The van der Waals surface area contributed by atoms with Crippen LogP contribution in [0.2, 0.25) is 0 Å². The van der Waals surface area contributed by atoms with Crippen LogP contribution in [-0.2, 0) is 11.3 Å². The van der Waals surface area contributed by atoms with Gasteiger partial charge >= 0.3 is 0 Å². The highest BCUT2D eigenvalue weighted by molar-refractivity contribution is 5.54. The van der Waals surface area contributed by atoms with Crippen molar-refractivity contribution < 1.29 is 4.74 Å². The summed E-state index contributed by atoms with van der Waals surface area (Å²) in [5.74, 6) is 0. The van der Waals surface area contributed by atoms with Gasteiger partial charge in [0.25, 0.3) is 0 Å². The Morgan fingerprint density at radius 2 is 2.00 bits per heavy atom. The number of ether oxygens (including phenoxy) is 1. The number of nitrogens with one attached hydrogen (secondary N) is 1. The van der Waals surface area contributed by atoms with E-state index >= 15 is 0 Å². The fourth-order valence-electron chi connectivity index (χ4n) is 1.98. The normalized spacial score (nSPS) is 10.9. The van der Waals surface area contributed by atoms with Crippen LogP contribution in [0.15, 0.2) is 24.3 Å². The first kappa shape index (κ1) is 14.0. The maximum Gasteiger partial charge on any atom is 0.0637 e. The molecule has 0 radical (unpaired) electrons. The molecule has 0 unspecified atom stereocenters. The summed E-state index contributed by atoms with van der Waals surface area (Å²) in [6.07, 6.45) is 0. The van der Waals surface area contributed by atoms with Gasteiger partial charge in [0.15, 0.2) is 0 Å². The Balaban J connectivity index is 2.91. The third-order valence-electron chi connectivity index (χ3n) is 2.83. The molecular weight excluding hydrogens is 212 g/mol. The Kier molecular flexibility index (Phi) is 6.01. The molecule has 0 bridgehead atoms. The fourth-order valence-corrected chi connectivity index (χ4v) is 1.98. The molecule has 3 nitrogen and oxygen atoms in total.